The molecule has 0 spiro atoms. The number of hydrogen-bond acceptors (Lipinski definition) is 3. The molecule has 4 heteroatoms. The fraction of sp³-hybridized carbons (Fsp3) is 0.294. The molecule has 2 aromatic carbocycles. The summed E-state index contributed by atoms with van der Waals surface area (Å²) in [5.74, 6) is 2.74. The Hall–Kier alpha value is -1.87. The normalized spacial score (nSPS) is 10.2. The van der Waals surface area contributed by atoms with Gasteiger partial charge in [-0.2, -0.15) is 0 Å². The van der Waals surface area contributed by atoms with Crippen molar-refractivity contribution < 1.29 is 14.2 Å². The van der Waals surface area contributed by atoms with Gasteiger partial charge in [0.15, 0.2) is 11.5 Å². The fourth-order valence-corrected chi connectivity index (χ4v) is 2.07. The van der Waals surface area contributed by atoms with Gasteiger partial charge in [-0.1, -0.05) is 18.2 Å². The molecule has 0 aliphatic rings. The van der Waals surface area contributed by atoms with Crippen LogP contribution >= 0.6 is 11.6 Å². The van der Waals surface area contributed by atoms with E-state index in [1.54, 1.807) is 7.11 Å². The Morgan fingerprint density at radius 2 is 1.62 bits per heavy atom. The van der Waals surface area contributed by atoms with Gasteiger partial charge in [0.25, 0.3) is 0 Å². The van der Waals surface area contributed by atoms with E-state index in [0.717, 1.165) is 28.4 Å². The quantitative estimate of drug-likeness (QED) is 0.709. The minimum Gasteiger partial charge on any atom is -0.497 e. The van der Waals surface area contributed by atoms with Crippen LogP contribution in [-0.2, 0) is 12.5 Å². The molecule has 0 saturated heterocycles. The number of hydrogen-bond donors (Lipinski definition) is 0. The lowest BCUT2D eigenvalue weighted by Gasteiger charge is -2.13. The summed E-state index contributed by atoms with van der Waals surface area (Å²) in [6.07, 6.45) is 0. The molecule has 0 unspecified atom stereocenters. The van der Waals surface area contributed by atoms with Crippen molar-refractivity contribution in [2.75, 3.05) is 13.7 Å². The molecular weight excluding hydrogens is 288 g/mol. The van der Waals surface area contributed by atoms with Crippen molar-refractivity contribution in [3.05, 3.63) is 53.6 Å². The smallest absolute Gasteiger partial charge is 0.161 e. The molecule has 0 aromatic heterocycles. The molecule has 0 bridgehead atoms. The summed E-state index contributed by atoms with van der Waals surface area (Å²) in [6, 6.07) is 13.5. The summed E-state index contributed by atoms with van der Waals surface area (Å²) < 4.78 is 16.6. The summed E-state index contributed by atoms with van der Waals surface area (Å²) in [4.78, 5) is 0. The van der Waals surface area contributed by atoms with Gasteiger partial charge in [0.1, 0.15) is 12.4 Å². The predicted molar refractivity (Wildman–Crippen MR) is 84.5 cm³/mol. The maximum atomic E-state index is 5.84. The van der Waals surface area contributed by atoms with E-state index >= 15 is 0 Å². The molecule has 0 radical (unpaired) electrons. The van der Waals surface area contributed by atoms with E-state index in [1.807, 2.05) is 49.4 Å². The van der Waals surface area contributed by atoms with Crippen molar-refractivity contribution in [1.82, 2.24) is 0 Å². The molecule has 0 atom stereocenters. The Kier molecular flexibility index (Phi) is 5.76. The van der Waals surface area contributed by atoms with Crippen molar-refractivity contribution in [1.29, 1.82) is 0 Å². The summed E-state index contributed by atoms with van der Waals surface area (Å²) in [5, 5.41) is 0. The van der Waals surface area contributed by atoms with Gasteiger partial charge in [-0.15, -0.1) is 11.6 Å². The zero-order chi connectivity index (χ0) is 15.1. The van der Waals surface area contributed by atoms with Crippen LogP contribution in [0, 0.1) is 0 Å². The van der Waals surface area contributed by atoms with E-state index in [9.17, 15) is 0 Å². The highest BCUT2D eigenvalue weighted by Crippen LogP contribution is 2.30. The minimum atomic E-state index is 0.457. The summed E-state index contributed by atoms with van der Waals surface area (Å²) >= 11 is 5.84. The molecule has 21 heavy (non-hydrogen) atoms. The molecule has 0 heterocycles. The van der Waals surface area contributed by atoms with Crippen LogP contribution < -0.4 is 14.2 Å². The van der Waals surface area contributed by atoms with Gasteiger partial charge in [-0.05, 0) is 42.3 Å². The average Bonchev–Trinajstić information content (AvgIpc) is 2.54. The van der Waals surface area contributed by atoms with Gasteiger partial charge in [0, 0.05) is 5.88 Å². The lowest BCUT2D eigenvalue weighted by Crippen LogP contribution is -2.00. The third-order valence-corrected chi connectivity index (χ3v) is 3.32. The minimum absolute atomic E-state index is 0.457. The molecule has 112 valence electrons. The second kappa shape index (κ2) is 7.79. The van der Waals surface area contributed by atoms with Gasteiger partial charge in [0.05, 0.1) is 13.7 Å². The molecule has 3 nitrogen and oxygen atoms in total. The standard InChI is InChI=1S/C17H19ClO3/c1-3-20-17-10-14(11-18)6-9-16(17)21-12-13-4-7-15(19-2)8-5-13/h4-10H,3,11-12H2,1-2H3. The lowest BCUT2D eigenvalue weighted by molar-refractivity contribution is 0.269. The number of rotatable bonds is 7. The number of benzene rings is 2. The first kappa shape index (κ1) is 15.5. The van der Waals surface area contributed by atoms with Crippen LogP contribution in [0.5, 0.6) is 17.2 Å². The molecule has 0 N–H and O–H groups in total. The largest absolute Gasteiger partial charge is 0.497 e. The van der Waals surface area contributed by atoms with Crippen LogP contribution in [0.25, 0.3) is 0 Å². The SMILES string of the molecule is CCOc1cc(CCl)ccc1OCc1ccc(OC)cc1. The number of methoxy groups -OCH3 is 1. The monoisotopic (exact) mass is 306 g/mol. The van der Waals surface area contributed by atoms with E-state index in [2.05, 4.69) is 0 Å². The van der Waals surface area contributed by atoms with Crippen LogP contribution in [0.1, 0.15) is 18.1 Å². The van der Waals surface area contributed by atoms with Crippen LogP contribution in [-0.4, -0.2) is 13.7 Å². The van der Waals surface area contributed by atoms with Crippen molar-refractivity contribution >= 4 is 11.6 Å². The van der Waals surface area contributed by atoms with E-state index in [4.69, 9.17) is 25.8 Å². The van der Waals surface area contributed by atoms with Crippen LogP contribution in [0.4, 0.5) is 0 Å². The second-order valence-electron chi connectivity index (χ2n) is 4.48. The van der Waals surface area contributed by atoms with Gasteiger partial charge >= 0.3 is 0 Å². The van der Waals surface area contributed by atoms with Crippen LogP contribution in [0.15, 0.2) is 42.5 Å². The van der Waals surface area contributed by atoms with Crippen molar-refractivity contribution in [2.24, 2.45) is 0 Å². The zero-order valence-electron chi connectivity index (χ0n) is 12.3. The van der Waals surface area contributed by atoms with E-state index in [1.165, 1.54) is 0 Å². The number of alkyl halides is 1. The first-order valence-electron chi connectivity index (χ1n) is 6.84. The second-order valence-corrected chi connectivity index (χ2v) is 4.75. The third-order valence-electron chi connectivity index (χ3n) is 3.02. The highest BCUT2D eigenvalue weighted by molar-refractivity contribution is 6.17. The van der Waals surface area contributed by atoms with E-state index in [-0.39, 0.29) is 0 Å². The Morgan fingerprint density at radius 1 is 0.905 bits per heavy atom. The molecular formula is C17H19ClO3. The maximum absolute atomic E-state index is 5.84. The van der Waals surface area contributed by atoms with Gasteiger partial charge in [0.2, 0.25) is 0 Å². The molecule has 0 fully saturated rings. The Labute approximate surface area is 130 Å². The Morgan fingerprint density at radius 3 is 2.24 bits per heavy atom. The van der Waals surface area contributed by atoms with Gasteiger partial charge in [-0.3, -0.25) is 0 Å². The van der Waals surface area contributed by atoms with E-state index < -0.39 is 0 Å². The zero-order valence-corrected chi connectivity index (χ0v) is 13.0. The first-order valence-corrected chi connectivity index (χ1v) is 7.37. The number of halogens is 1. The maximum Gasteiger partial charge on any atom is 0.161 e. The van der Waals surface area contributed by atoms with Crippen molar-refractivity contribution in [3.8, 4) is 17.2 Å². The molecule has 0 saturated carbocycles. The fourth-order valence-electron chi connectivity index (χ4n) is 1.91. The highest BCUT2D eigenvalue weighted by Gasteiger charge is 2.07. The topological polar surface area (TPSA) is 27.7 Å². The van der Waals surface area contributed by atoms with Crippen LogP contribution in [0.3, 0.4) is 0 Å². The van der Waals surface area contributed by atoms with Crippen LogP contribution in [0.2, 0.25) is 0 Å². The molecule has 0 amide bonds. The average molecular weight is 307 g/mol. The lowest BCUT2D eigenvalue weighted by atomic mass is 10.2. The molecule has 2 rings (SSSR count). The number of ether oxygens (including phenoxy) is 3. The van der Waals surface area contributed by atoms with Gasteiger partial charge in [-0.25, -0.2) is 0 Å². The third kappa shape index (κ3) is 4.30. The predicted octanol–water partition coefficient (Wildman–Crippen LogP) is 4.41. The summed E-state index contributed by atoms with van der Waals surface area (Å²) in [5.41, 5.74) is 2.08. The summed E-state index contributed by atoms with van der Waals surface area (Å²) in [6.45, 7) is 3.01. The molecule has 0 aliphatic carbocycles. The Balaban J connectivity index is 2.07. The first-order chi connectivity index (χ1) is 10.3. The highest BCUT2D eigenvalue weighted by atomic mass is 35.5. The van der Waals surface area contributed by atoms with E-state index in [0.29, 0.717) is 19.1 Å². The summed E-state index contributed by atoms with van der Waals surface area (Å²) in [7, 11) is 1.65. The molecule has 0 aliphatic heterocycles. The Bertz CT molecular complexity index is 567. The van der Waals surface area contributed by atoms with Crippen molar-refractivity contribution in [3.63, 3.8) is 0 Å². The van der Waals surface area contributed by atoms with Gasteiger partial charge < -0.3 is 14.2 Å². The van der Waals surface area contributed by atoms with Crippen molar-refractivity contribution in [2.45, 2.75) is 19.4 Å². The molecule has 2 aromatic rings.